The largest absolute Gasteiger partial charge is 0.494 e. The van der Waals surface area contributed by atoms with Gasteiger partial charge in [0.1, 0.15) is 0 Å². The second-order valence-corrected chi connectivity index (χ2v) is 8.76. The molecule has 0 spiro atoms. The number of likely N-dealkylation sites (tertiary alicyclic amines) is 1. The van der Waals surface area contributed by atoms with Crippen LogP contribution in [-0.2, 0) is 11.8 Å². The molecule has 1 aliphatic rings. The molecule has 0 radical (unpaired) electrons. The molecule has 202 valence electrons. The van der Waals surface area contributed by atoms with E-state index in [2.05, 4.69) is 10.3 Å². The first-order chi connectivity index (χ1) is 18.1. The minimum absolute atomic E-state index is 0.0310. The molecule has 2 aromatic carbocycles. The van der Waals surface area contributed by atoms with Gasteiger partial charge in [0.25, 0.3) is 18.3 Å². The first-order valence-electron chi connectivity index (χ1n) is 11.4. The van der Waals surface area contributed by atoms with E-state index in [0.717, 1.165) is 12.8 Å². The number of aromatic nitrogens is 2. The van der Waals surface area contributed by atoms with Crippen molar-refractivity contribution in [3.05, 3.63) is 64.6 Å². The average Bonchev–Trinajstić information content (AvgIpc) is 3.27. The topological polar surface area (TPSA) is 140 Å². The van der Waals surface area contributed by atoms with Crippen molar-refractivity contribution in [2.24, 2.45) is 12.8 Å². The number of amides is 2. The van der Waals surface area contributed by atoms with Crippen LogP contribution in [0.2, 0.25) is 5.02 Å². The first kappa shape index (κ1) is 28.5. The first-order valence-corrected chi connectivity index (χ1v) is 11.8. The third kappa shape index (κ3) is 6.09. The Hall–Kier alpha value is -4.03. The highest BCUT2D eigenvalue weighted by Gasteiger charge is 2.24. The molecule has 0 unspecified atom stereocenters. The number of nitrogens with one attached hydrogen (secondary N) is 1. The van der Waals surface area contributed by atoms with E-state index in [1.54, 1.807) is 17.0 Å². The molecule has 0 aliphatic carbocycles. The van der Waals surface area contributed by atoms with Gasteiger partial charge in [-0.15, -0.1) is 0 Å². The second-order valence-electron chi connectivity index (χ2n) is 8.35. The Bertz CT molecular complexity index is 1340. The molecule has 10 nitrogen and oxygen atoms in total. The van der Waals surface area contributed by atoms with Gasteiger partial charge in [-0.2, -0.15) is 4.39 Å². The highest BCUT2D eigenvalue weighted by Crippen LogP contribution is 2.30. The van der Waals surface area contributed by atoms with Crippen LogP contribution in [0.15, 0.2) is 36.5 Å². The van der Waals surface area contributed by atoms with Crippen molar-refractivity contribution in [2.45, 2.75) is 18.9 Å². The fourth-order valence-electron chi connectivity index (χ4n) is 3.98. The Kier molecular flexibility index (Phi) is 9.37. The summed E-state index contributed by atoms with van der Waals surface area (Å²) in [6.07, 6.45) is 2.74. The van der Waals surface area contributed by atoms with Gasteiger partial charge in [-0.1, -0.05) is 11.6 Å². The van der Waals surface area contributed by atoms with Gasteiger partial charge >= 0.3 is 0 Å². The monoisotopic (exact) mass is 549 g/mol. The standard InChI is InChI=1S/C24H24ClF2N5O3.CH2O2/c1-31-18(16-5-6-19(35-2)21(27)20(16)26)12-29-22(31)23(33)30-14-3-4-15(17(25)11-14)24(34)32-9-7-13(28)8-10-32;2-1-3/h3-6,11-13H,7-10,28H2,1-2H3,(H,30,33);1H,(H,2,3). The van der Waals surface area contributed by atoms with Crippen LogP contribution in [0.3, 0.4) is 0 Å². The van der Waals surface area contributed by atoms with E-state index in [4.69, 9.17) is 32.0 Å². The summed E-state index contributed by atoms with van der Waals surface area (Å²) in [4.78, 5) is 39.8. The molecule has 1 saturated heterocycles. The van der Waals surface area contributed by atoms with Gasteiger partial charge < -0.3 is 30.4 Å². The van der Waals surface area contributed by atoms with E-state index in [-0.39, 0.29) is 46.3 Å². The van der Waals surface area contributed by atoms with Gasteiger partial charge in [0.15, 0.2) is 17.4 Å². The van der Waals surface area contributed by atoms with Gasteiger partial charge in [-0.05, 0) is 43.2 Å². The number of methoxy groups -OCH3 is 1. The third-order valence-electron chi connectivity index (χ3n) is 6.02. The minimum Gasteiger partial charge on any atom is -0.494 e. The fourth-order valence-corrected chi connectivity index (χ4v) is 4.25. The van der Waals surface area contributed by atoms with Gasteiger partial charge in [0, 0.05) is 37.4 Å². The SMILES string of the molecule is COc1ccc(-c2cnc(C(=O)Nc3ccc(C(=O)N4CCC(N)CC4)c(Cl)c3)n2C)c(F)c1F.O=CO. The molecule has 4 N–H and O–H groups in total. The number of carbonyl (C=O) groups excluding carboxylic acids is 2. The van der Waals surface area contributed by atoms with Crippen molar-refractivity contribution in [2.75, 3.05) is 25.5 Å². The zero-order valence-corrected chi connectivity index (χ0v) is 21.3. The van der Waals surface area contributed by atoms with Crippen LogP contribution in [0.25, 0.3) is 11.3 Å². The number of hydrogen-bond donors (Lipinski definition) is 3. The summed E-state index contributed by atoms with van der Waals surface area (Å²) in [5.41, 5.74) is 6.72. The molecular weight excluding hydrogens is 524 g/mol. The normalized spacial score (nSPS) is 13.4. The number of anilines is 1. The Morgan fingerprint density at radius 2 is 1.87 bits per heavy atom. The molecule has 4 rings (SSSR count). The molecule has 0 saturated carbocycles. The number of ether oxygens (including phenoxy) is 1. The number of nitrogens with zero attached hydrogens (tertiary/aromatic N) is 3. The average molecular weight is 550 g/mol. The predicted octanol–water partition coefficient (Wildman–Crippen LogP) is 3.54. The zero-order valence-electron chi connectivity index (χ0n) is 20.6. The summed E-state index contributed by atoms with van der Waals surface area (Å²) in [5.74, 6) is -3.28. The molecule has 2 heterocycles. The van der Waals surface area contributed by atoms with Gasteiger partial charge in [0.05, 0.1) is 29.6 Å². The van der Waals surface area contributed by atoms with Crippen molar-refractivity contribution in [1.29, 1.82) is 0 Å². The molecule has 0 bridgehead atoms. The molecule has 1 aromatic heterocycles. The van der Waals surface area contributed by atoms with Crippen molar-refractivity contribution < 1.29 is 33.0 Å². The number of piperidine rings is 1. The molecule has 0 atom stereocenters. The number of nitrogens with two attached hydrogens (primary N) is 1. The summed E-state index contributed by atoms with van der Waals surface area (Å²) in [7, 11) is 2.75. The molecule has 3 aromatic rings. The molecular formula is C25H26ClF2N5O5. The zero-order chi connectivity index (χ0) is 28.0. The summed E-state index contributed by atoms with van der Waals surface area (Å²) < 4.78 is 34.8. The number of imidazole rings is 1. The van der Waals surface area contributed by atoms with Crippen molar-refractivity contribution in [1.82, 2.24) is 14.5 Å². The molecule has 13 heteroatoms. The van der Waals surface area contributed by atoms with E-state index in [1.165, 1.54) is 43.1 Å². The maximum absolute atomic E-state index is 14.5. The van der Waals surface area contributed by atoms with Crippen LogP contribution in [0.1, 0.15) is 33.8 Å². The summed E-state index contributed by atoms with van der Waals surface area (Å²) >= 11 is 6.34. The quantitative estimate of drug-likeness (QED) is 0.413. The maximum atomic E-state index is 14.5. The second kappa shape index (κ2) is 12.5. The number of carbonyl (C=O) groups is 3. The highest BCUT2D eigenvalue weighted by molar-refractivity contribution is 6.34. The number of rotatable bonds is 5. The van der Waals surface area contributed by atoms with Crippen molar-refractivity contribution in [3.8, 4) is 17.0 Å². The highest BCUT2D eigenvalue weighted by atomic mass is 35.5. The lowest BCUT2D eigenvalue weighted by atomic mass is 10.0. The Morgan fingerprint density at radius 1 is 1.21 bits per heavy atom. The molecule has 1 fully saturated rings. The smallest absolute Gasteiger partial charge is 0.291 e. The minimum atomic E-state index is -1.13. The molecule has 38 heavy (non-hydrogen) atoms. The van der Waals surface area contributed by atoms with Crippen LogP contribution in [-0.4, -0.2) is 64.1 Å². The maximum Gasteiger partial charge on any atom is 0.291 e. The van der Waals surface area contributed by atoms with E-state index in [1.807, 2.05) is 0 Å². The lowest BCUT2D eigenvalue weighted by Gasteiger charge is -2.30. The van der Waals surface area contributed by atoms with E-state index >= 15 is 0 Å². The fraction of sp³-hybridized carbons (Fsp3) is 0.280. The molecule has 2 amide bonds. The van der Waals surface area contributed by atoms with Crippen molar-refractivity contribution in [3.63, 3.8) is 0 Å². The summed E-state index contributed by atoms with van der Waals surface area (Å²) in [6.45, 7) is 0.879. The van der Waals surface area contributed by atoms with Gasteiger partial charge in [-0.3, -0.25) is 14.4 Å². The number of halogens is 3. The Morgan fingerprint density at radius 3 is 2.47 bits per heavy atom. The Labute approximate surface area is 222 Å². The predicted molar refractivity (Wildman–Crippen MR) is 136 cm³/mol. The van der Waals surface area contributed by atoms with E-state index < -0.39 is 17.5 Å². The van der Waals surface area contributed by atoms with Crippen LogP contribution in [0, 0.1) is 11.6 Å². The number of carboxylic acid groups (broad SMARTS) is 1. The third-order valence-corrected chi connectivity index (χ3v) is 6.33. The molecule has 1 aliphatic heterocycles. The van der Waals surface area contributed by atoms with Gasteiger partial charge in [0.2, 0.25) is 5.82 Å². The summed E-state index contributed by atoms with van der Waals surface area (Å²) in [6, 6.07) is 7.33. The van der Waals surface area contributed by atoms with Crippen LogP contribution in [0.5, 0.6) is 5.75 Å². The lowest BCUT2D eigenvalue weighted by molar-refractivity contribution is -0.122. The van der Waals surface area contributed by atoms with Crippen LogP contribution < -0.4 is 15.8 Å². The van der Waals surface area contributed by atoms with Crippen molar-refractivity contribution >= 4 is 35.6 Å². The number of benzene rings is 2. The number of hydrogen-bond acceptors (Lipinski definition) is 6. The van der Waals surface area contributed by atoms with E-state index in [0.29, 0.717) is 24.3 Å². The van der Waals surface area contributed by atoms with Gasteiger partial charge in [-0.25, -0.2) is 9.37 Å². The summed E-state index contributed by atoms with van der Waals surface area (Å²) in [5, 5.41) is 9.75. The lowest BCUT2D eigenvalue weighted by Crippen LogP contribution is -2.42. The Balaban J connectivity index is 0.00000127. The van der Waals surface area contributed by atoms with Crippen LogP contribution >= 0.6 is 11.6 Å². The van der Waals surface area contributed by atoms with E-state index in [9.17, 15) is 18.4 Å². The van der Waals surface area contributed by atoms with Crippen LogP contribution in [0.4, 0.5) is 14.5 Å².